The van der Waals surface area contributed by atoms with E-state index in [0.717, 1.165) is 10.3 Å². The molecule has 0 radical (unpaired) electrons. The minimum absolute atomic E-state index is 0. The van der Waals surface area contributed by atoms with Crippen LogP contribution in [0.5, 0.6) is 0 Å². The zero-order valence-electron chi connectivity index (χ0n) is 19.0. The summed E-state index contributed by atoms with van der Waals surface area (Å²) >= 11 is 5.14. The maximum atomic E-state index is 13.3. The average Bonchev–Trinajstić information content (AvgIpc) is 2.67. The Kier molecular flexibility index (Phi) is 12.1. The van der Waals surface area contributed by atoms with E-state index in [1.54, 1.807) is 6.92 Å². The van der Waals surface area contributed by atoms with Gasteiger partial charge in [-0.2, -0.15) is 12.7 Å². The van der Waals surface area contributed by atoms with E-state index in [9.17, 15) is 13.5 Å². The molecule has 1 saturated heterocycles. The van der Waals surface area contributed by atoms with Crippen molar-refractivity contribution in [3.8, 4) is 0 Å². The molecule has 172 valence electrons. The predicted molar refractivity (Wildman–Crippen MR) is 121 cm³/mol. The van der Waals surface area contributed by atoms with Crippen molar-refractivity contribution in [1.29, 1.82) is 0 Å². The van der Waals surface area contributed by atoms with Gasteiger partial charge in [0.05, 0.1) is 19.8 Å². The summed E-state index contributed by atoms with van der Waals surface area (Å²) in [6, 6.07) is 2.14. The molecule has 1 atom stereocenters. The van der Waals surface area contributed by atoms with Gasteiger partial charge in [-0.3, -0.25) is 0 Å². The second kappa shape index (κ2) is 13.0. The van der Waals surface area contributed by atoms with Crippen molar-refractivity contribution in [1.82, 2.24) is 14.3 Å². The fourth-order valence-corrected chi connectivity index (χ4v) is 4.98. The Morgan fingerprint density at radius 3 is 2.58 bits per heavy atom. The van der Waals surface area contributed by atoms with Gasteiger partial charge in [0.2, 0.25) is 0 Å². The van der Waals surface area contributed by atoms with E-state index in [2.05, 4.69) is 34.9 Å². The van der Waals surface area contributed by atoms with Crippen molar-refractivity contribution in [3.05, 3.63) is 6.07 Å². The normalized spacial score (nSPS) is 16.4. The summed E-state index contributed by atoms with van der Waals surface area (Å²) in [5.74, 6) is 0.470. The van der Waals surface area contributed by atoms with Crippen molar-refractivity contribution in [2.75, 3.05) is 55.9 Å². The SMILES string of the molecule is C[C@H](CO)Nc1cc(N(COCC[Si](C)(C)C)S(=O)(=O)N2CCOCC2)nc([S-])n1.[Na+]. The van der Waals surface area contributed by atoms with Crippen LogP contribution in [0.25, 0.3) is 0 Å². The number of rotatable bonds is 11. The quantitative estimate of drug-likeness (QED) is 0.115. The van der Waals surface area contributed by atoms with Crippen LogP contribution in [-0.2, 0) is 32.3 Å². The van der Waals surface area contributed by atoms with Gasteiger partial charge in [-0.05, 0) is 13.0 Å². The summed E-state index contributed by atoms with van der Waals surface area (Å²) in [6.45, 7) is 9.81. The fourth-order valence-electron chi connectivity index (χ4n) is 2.61. The number of morpholine rings is 1. The Morgan fingerprint density at radius 2 is 2.00 bits per heavy atom. The zero-order valence-corrected chi connectivity index (χ0v) is 23.6. The Balaban J connectivity index is 0.00000480. The molecular formula is C17H32N5NaO5S2Si. The maximum Gasteiger partial charge on any atom is 1.00 e. The van der Waals surface area contributed by atoms with E-state index >= 15 is 0 Å². The molecule has 1 aliphatic heterocycles. The van der Waals surface area contributed by atoms with Crippen molar-refractivity contribution in [2.45, 2.75) is 43.8 Å². The van der Waals surface area contributed by atoms with Crippen molar-refractivity contribution < 1.29 is 52.6 Å². The van der Waals surface area contributed by atoms with Crippen LogP contribution in [-0.4, -0.2) is 88.2 Å². The largest absolute Gasteiger partial charge is 1.00 e. The molecule has 0 saturated carbocycles. The van der Waals surface area contributed by atoms with E-state index in [-0.39, 0.29) is 73.0 Å². The van der Waals surface area contributed by atoms with Crippen LogP contribution in [0.4, 0.5) is 11.6 Å². The summed E-state index contributed by atoms with van der Waals surface area (Å²) in [6.07, 6.45) is 0. The van der Waals surface area contributed by atoms with Crippen molar-refractivity contribution >= 4 is 42.5 Å². The Labute approximate surface area is 214 Å². The minimum Gasteiger partial charge on any atom is -0.740 e. The van der Waals surface area contributed by atoms with Gasteiger partial charge in [0, 0.05) is 45.0 Å². The molecule has 2 N–H and O–H groups in total. The van der Waals surface area contributed by atoms with Crippen LogP contribution in [0.1, 0.15) is 6.92 Å². The second-order valence-corrected chi connectivity index (χ2v) is 16.2. The number of ether oxygens (including phenoxy) is 2. The molecule has 0 aliphatic carbocycles. The molecule has 2 heterocycles. The zero-order chi connectivity index (χ0) is 22.4. The molecule has 0 aromatic carbocycles. The van der Waals surface area contributed by atoms with Crippen LogP contribution in [0.15, 0.2) is 11.2 Å². The standard InChI is InChI=1S/C17H33N5O5S2Si.Na/c1-14(12-23)18-15-11-16(20-17(28)19-15)22(13-27-9-10-30(2,3)4)29(24,25)21-5-7-26-8-6-21;/h11,14,23H,5-10,12-13H2,1-4H3,(H2,18,19,20,28);/q;+1/p-1/t14-;/m1./s1. The topological polar surface area (TPSA) is 117 Å². The smallest absolute Gasteiger partial charge is 0.740 e. The number of hydrogen-bond acceptors (Lipinski definition) is 9. The van der Waals surface area contributed by atoms with E-state index in [1.807, 2.05) is 0 Å². The molecule has 1 aliphatic rings. The van der Waals surface area contributed by atoms with Crippen LogP contribution in [0.2, 0.25) is 25.7 Å². The number of aromatic nitrogens is 2. The van der Waals surface area contributed by atoms with Crippen molar-refractivity contribution in [3.63, 3.8) is 0 Å². The molecule has 31 heavy (non-hydrogen) atoms. The predicted octanol–water partition coefficient (Wildman–Crippen LogP) is -2.13. The monoisotopic (exact) mass is 501 g/mol. The first-order chi connectivity index (χ1) is 14.0. The number of nitrogens with one attached hydrogen (secondary N) is 1. The summed E-state index contributed by atoms with van der Waals surface area (Å²) in [5, 5.41) is 12.3. The van der Waals surface area contributed by atoms with Gasteiger partial charge in [-0.25, -0.2) is 14.3 Å². The molecule has 1 aromatic rings. The van der Waals surface area contributed by atoms with Gasteiger partial charge in [-0.15, -0.1) is 0 Å². The first kappa shape index (κ1) is 28.9. The van der Waals surface area contributed by atoms with Gasteiger partial charge >= 0.3 is 39.8 Å². The maximum absolute atomic E-state index is 13.3. The van der Waals surface area contributed by atoms with E-state index in [1.165, 1.54) is 10.4 Å². The molecule has 0 amide bonds. The van der Waals surface area contributed by atoms with E-state index < -0.39 is 18.3 Å². The Morgan fingerprint density at radius 1 is 1.35 bits per heavy atom. The molecule has 1 fully saturated rings. The summed E-state index contributed by atoms with van der Waals surface area (Å²) in [4.78, 5) is 8.29. The third-order valence-electron chi connectivity index (χ3n) is 4.40. The Bertz CT molecular complexity index is 794. The minimum atomic E-state index is -3.90. The number of nitrogens with zero attached hydrogens (tertiary/aromatic N) is 4. The molecule has 14 heteroatoms. The van der Waals surface area contributed by atoms with Gasteiger partial charge < -0.3 is 32.5 Å². The fraction of sp³-hybridized carbons (Fsp3) is 0.765. The third-order valence-corrected chi connectivity index (χ3v) is 8.15. The number of anilines is 2. The molecule has 10 nitrogen and oxygen atoms in total. The second-order valence-electron chi connectivity index (χ2n) is 8.34. The molecular weight excluding hydrogens is 469 g/mol. The van der Waals surface area contributed by atoms with Gasteiger partial charge in [0.1, 0.15) is 18.4 Å². The van der Waals surface area contributed by atoms with Crippen LogP contribution >= 0.6 is 0 Å². The summed E-state index contributed by atoms with van der Waals surface area (Å²) in [7, 11) is -5.22. The van der Waals surface area contributed by atoms with Crippen molar-refractivity contribution in [2.24, 2.45) is 0 Å². The van der Waals surface area contributed by atoms with Crippen LogP contribution < -0.4 is 39.2 Å². The molecule has 0 spiro atoms. The molecule has 1 aromatic heterocycles. The van der Waals surface area contributed by atoms with E-state index in [4.69, 9.17) is 22.1 Å². The van der Waals surface area contributed by atoms with Crippen LogP contribution in [0.3, 0.4) is 0 Å². The number of aliphatic hydroxyl groups excluding tert-OH is 1. The number of aliphatic hydroxyl groups is 1. The van der Waals surface area contributed by atoms with Crippen LogP contribution in [0, 0.1) is 0 Å². The van der Waals surface area contributed by atoms with Gasteiger partial charge in [0.15, 0.2) is 0 Å². The number of hydrogen-bond donors (Lipinski definition) is 2. The van der Waals surface area contributed by atoms with Gasteiger partial charge in [-0.1, -0.05) is 19.6 Å². The van der Waals surface area contributed by atoms with Gasteiger partial charge in [0.25, 0.3) is 0 Å². The average molecular weight is 502 g/mol. The molecule has 2 rings (SSSR count). The molecule has 0 bridgehead atoms. The Hall–Kier alpha value is -0.0931. The third kappa shape index (κ3) is 9.35. The first-order valence-corrected chi connectivity index (χ1v) is 15.4. The van der Waals surface area contributed by atoms with E-state index in [0.29, 0.717) is 25.6 Å². The summed E-state index contributed by atoms with van der Waals surface area (Å²) in [5.41, 5.74) is 0. The summed E-state index contributed by atoms with van der Waals surface area (Å²) < 4.78 is 40.2. The molecule has 0 unspecified atom stereocenters. The first-order valence-electron chi connectivity index (χ1n) is 9.90.